The van der Waals surface area contributed by atoms with Crippen LogP contribution in [0.25, 0.3) is 0 Å². The number of nitrogens with one attached hydrogen (secondary N) is 1. The molecule has 0 saturated heterocycles. The molecule has 0 aliphatic rings. The maximum absolute atomic E-state index is 12.1. The number of carbonyl (C=O) groups is 1. The average molecular weight is 341 g/mol. The fraction of sp³-hybridized carbons (Fsp3) is 0.462. The number of amides is 1. The Morgan fingerprint density at radius 3 is 2.45 bits per heavy atom. The van der Waals surface area contributed by atoms with E-state index in [0.29, 0.717) is 13.0 Å². The van der Waals surface area contributed by atoms with E-state index in [1.54, 1.807) is 0 Å². The van der Waals surface area contributed by atoms with Gasteiger partial charge in [0.15, 0.2) is 0 Å². The van der Waals surface area contributed by atoms with Crippen molar-refractivity contribution in [3.05, 3.63) is 26.7 Å². The van der Waals surface area contributed by atoms with Crippen molar-refractivity contribution in [3.63, 3.8) is 0 Å². The predicted octanol–water partition coefficient (Wildman–Crippen LogP) is 3.49. The van der Waals surface area contributed by atoms with Gasteiger partial charge in [-0.05, 0) is 17.9 Å². The SMILES string of the molecule is CC(C)(CCO)CNC(=O)c1c(O)c(Cl)cc(Cl)c1Cl. The third-order valence-corrected chi connectivity index (χ3v) is 3.96. The Bertz CT molecular complexity index is 492. The van der Waals surface area contributed by atoms with Crippen LogP contribution in [0, 0.1) is 5.41 Å². The van der Waals surface area contributed by atoms with Gasteiger partial charge in [-0.15, -0.1) is 0 Å². The maximum Gasteiger partial charge on any atom is 0.256 e. The van der Waals surface area contributed by atoms with Crippen LogP contribution in [0.4, 0.5) is 0 Å². The van der Waals surface area contributed by atoms with Crippen molar-refractivity contribution in [1.82, 2.24) is 5.32 Å². The highest BCUT2D eigenvalue weighted by Gasteiger charge is 2.24. The molecule has 0 heterocycles. The van der Waals surface area contributed by atoms with Crippen molar-refractivity contribution in [2.24, 2.45) is 5.41 Å². The largest absolute Gasteiger partial charge is 0.505 e. The highest BCUT2D eigenvalue weighted by atomic mass is 35.5. The number of phenolic OH excluding ortho intramolecular Hbond substituents is 1. The molecule has 0 unspecified atom stereocenters. The molecule has 0 atom stereocenters. The monoisotopic (exact) mass is 339 g/mol. The minimum atomic E-state index is -0.567. The second-order valence-electron chi connectivity index (χ2n) is 5.20. The van der Waals surface area contributed by atoms with Crippen molar-refractivity contribution < 1.29 is 15.0 Å². The molecule has 0 aliphatic heterocycles. The molecule has 112 valence electrons. The predicted molar refractivity (Wildman–Crippen MR) is 81.0 cm³/mol. The van der Waals surface area contributed by atoms with Crippen LogP contribution in [0.1, 0.15) is 30.6 Å². The van der Waals surface area contributed by atoms with Crippen molar-refractivity contribution >= 4 is 40.7 Å². The Kier molecular flexibility index (Phi) is 5.95. The first-order chi connectivity index (χ1) is 9.19. The second-order valence-corrected chi connectivity index (χ2v) is 6.39. The van der Waals surface area contributed by atoms with Crippen molar-refractivity contribution in [1.29, 1.82) is 0 Å². The third kappa shape index (κ3) is 4.16. The molecule has 1 rings (SSSR count). The minimum Gasteiger partial charge on any atom is -0.505 e. The Balaban J connectivity index is 2.94. The molecule has 3 N–H and O–H groups in total. The van der Waals surface area contributed by atoms with Crippen LogP contribution >= 0.6 is 34.8 Å². The van der Waals surface area contributed by atoms with E-state index in [1.165, 1.54) is 6.07 Å². The zero-order valence-corrected chi connectivity index (χ0v) is 13.4. The Morgan fingerprint density at radius 2 is 1.90 bits per heavy atom. The van der Waals surface area contributed by atoms with Crippen LogP contribution in [-0.4, -0.2) is 29.3 Å². The third-order valence-electron chi connectivity index (χ3n) is 2.89. The van der Waals surface area contributed by atoms with Crippen LogP contribution < -0.4 is 5.32 Å². The topological polar surface area (TPSA) is 69.6 Å². The first-order valence-corrected chi connectivity index (χ1v) is 7.08. The van der Waals surface area contributed by atoms with E-state index >= 15 is 0 Å². The summed E-state index contributed by atoms with van der Waals surface area (Å²) in [6, 6.07) is 1.27. The quantitative estimate of drug-likeness (QED) is 0.719. The van der Waals surface area contributed by atoms with Crippen molar-refractivity contribution in [2.45, 2.75) is 20.3 Å². The number of carbonyl (C=O) groups excluding carboxylic acids is 1. The van der Waals surface area contributed by atoms with Gasteiger partial charge in [-0.3, -0.25) is 4.79 Å². The lowest BCUT2D eigenvalue weighted by molar-refractivity contribution is 0.0925. The number of hydrogen-bond acceptors (Lipinski definition) is 3. The highest BCUT2D eigenvalue weighted by molar-refractivity contribution is 6.45. The summed E-state index contributed by atoms with van der Waals surface area (Å²) in [6.45, 7) is 4.13. The number of benzene rings is 1. The van der Waals surface area contributed by atoms with E-state index < -0.39 is 11.7 Å². The van der Waals surface area contributed by atoms with E-state index in [9.17, 15) is 9.90 Å². The van der Waals surface area contributed by atoms with E-state index in [1.807, 2.05) is 13.8 Å². The number of aliphatic hydroxyl groups is 1. The molecular weight excluding hydrogens is 325 g/mol. The van der Waals surface area contributed by atoms with E-state index in [0.717, 1.165) is 0 Å². The molecule has 0 fully saturated rings. The van der Waals surface area contributed by atoms with Gasteiger partial charge in [0.1, 0.15) is 11.3 Å². The molecule has 1 amide bonds. The summed E-state index contributed by atoms with van der Waals surface area (Å²) >= 11 is 17.5. The number of hydrogen-bond donors (Lipinski definition) is 3. The molecule has 0 spiro atoms. The molecule has 0 aliphatic carbocycles. The molecule has 1 aromatic carbocycles. The van der Waals surface area contributed by atoms with Gasteiger partial charge < -0.3 is 15.5 Å². The molecule has 0 saturated carbocycles. The molecule has 7 heteroatoms. The Morgan fingerprint density at radius 1 is 1.30 bits per heavy atom. The molecule has 0 radical (unpaired) electrons. The zero-order valence-electron chi connectivity index (χ0n) is 11.1. The zero-order chi connectivity index (χ0) is 15.5. The van der Waals surface area contributed by atoms with Gasteiger partial charge in [-0.2, -0.15) is 0 Å². The number of phenols is 1. The molecule has 0 bridgehead atoms. The summed E-state index contributed by atoms with van der Waals surface area (Å²) < 4.78 is 0. The number of aromatic hydroxyl groups is 1. The van der Waals surface area contributed by atoms with E-state index in [2.05, 4.69) is 5.32 Å². The van der Waals surface area contributed by atoms with Gasteiger partial charge in [0.05, 0.1) is 15.1 Å². The Labute approximate surface area is 132 Å². The number of aliphatic hydroxyl groups excluding tert-OH is 1. The molecule has 4 nitrogen and oxygen atoms in total. The lowest BCUT2D eigenvalue weighted by atomic mass is 9.89. The normalized spacial score (nSPS) is 11.5. The smallest absolute Gasteiger partial charge is 0.256 e. The average Bonchev–Trinajstić information content (AvgIpc) is 2.34. The summed E-state index contributed by atoms with van der Waals surface area (Å²) in [5.74, 6) is -0.971. The lowest BCUT2D eigenvalue weighted by Gasteiger charge is -2.24. The first-order valence-electron chi connectivity index (χ1n) is 5.95. The van der Waals surface area contributed by atoms with E-state index in [4.69, 9.17) is 39.9 Å². The van der Waals surface area contributed by atoms with Gasteiger partial charge in [-0.1, -0.05) is 48.7 Å². The van der Waals surface area contributed by atoms with Crippen LogP contribution in [0.2, 0.25) is 15.1 Å². The minimum absolute atomic E-state index is 0.0257. The van der Waals surface area contributed by atoms with Gasteiger partial charge >= 0.3 is 0 Å². The molecule has 20 heavy (non-hydrogen) atoms. The summed E-state index contributed by atoms with van der Waals surface area (Å²) in [5, 5.41) is 21.4. The standard InChI is InChI=1S/C13H16Cl3NO3/c1-13(2,3-4-18)6-17-12(20)9-10(16)7(14)5-8(15)11(9)19/h5,18-19H,3-4,6H2,1-2H3,(H,17,20). The van der Waals surface area contributed by atoms with E-state index in [-0.39, 0.29) is 32.7 Å². The lowest BCUT2D eigenvalue weighted by Crippen LogP contribution is -2.34. The second kappa shape index (κ2) is 6.85. The molecule has 0 aromatic heterocycles. The summed E-state index contributed by atoms with van der Waals surface area (Å²) in [7, 11) is 0. The van der Waals surface area contributed by atoms with Gasteiger partial charge in [-0.25, -0.2) is 0 Å². The Hall–Kier alpha value is -0.680. The van der Waals surface area contributed by atoms with Gasteiger partial charge in [0.2, 0.25) is 0 Å². The number of halogens is 3. The van der Waals surface area contributed by atoms with Crippen LogP contribution in [0.15, 0.2) is 6.07 Å². The van der Waals surface area contributed by atoms with Crippen LogP contribution in [-0.2, 0) is 0 Å². The van der Waals surface area contributed by atoms with Crippen molar-refractivity contribution in [3.8, 4) is 5.75 Å². The fourth-order valence-electron chi connectivity index (χ4n) is 1.59. The van der Waals surface area contributed by atoms with Crippen LogP contribution in [0.5, 0.6) is 5.75 Å². The highest BCUT2D eigenvalue weighted by Crippen LogP contribution is 2.38. The summed E-state index contributed by atoms with van der Waals surface area (Å²) in [4.78, 5) is 12.1. The summed E-state index contributed by atoms with van der Waals surface area (Å²) in [6.07, 6.45) is 0.531. The first kappa shape index (κ1) is 17.4. The fourth-order valence-corrected chi connectivity index (χ4v) is 2.28. The number of rotatable bonds is 5. The van der Waals surface area contributed by atoms with Gasteiger partial charge in [0.25, 0.3) is 5.91 Å². The molecule has 1 aromatic rings. The van der Waals surface area contributed by atoms with Crippen LogP contribution in [0.3, 0.4) is 0 Å². The maximum atomic E-state index is 12.1. The summed E-state index contributed by atoms with van der Waals surface area (Å²) in [5.41, 5.74) is -0.432. The van der Waals surface area contributed by atoms with Gasteiger partial charge in [0, 0.05) is 13.2 Å². The van der Waals surface area contributed by atoms with Crippen molar-refractivity contribution in [2.75, 3.05) is 13.2 Å². The molecular formula is C13H16Cl3NO3.